The Kier molecular flexibility index (Phi) is 4.34. The molecule has 1 aliphatic carbocycles. The van der Waals surface area contributed by atoms with Gasteiger partial charge in [0.25, 0.3) is 0 Å². The Morgan fingerprint density at radius 3 is 2.90 bits per heavy atom. The third kappa shape index (κ3) is 3.20. The van der Waals surface area contributed by atoms with Gasteiger partial charge in [0.2, 0.25) is 6.79 Å². The largest absolute Gasteiger partial charge is 0.454 e. The third-order valence-corrected chi connectivity index (χ3v) is 4.53. The summed E-state index contributed by atoms with van der Waals surface area (Å²) in [5, 5.41) is 3.68. The van der Waals surface area contributed by atoms with Crippen molar-refractivity contribution >= 4 is 5.69 Å². The molecule has 3 heteroatoms. The van der Waals surface area contributed by atoms with Gasteiger partial charge >= 0.3 is 0 Å². The van der Waals surface area contributed by atoms with E-state index in [9.17, 15) is 0 Å². The average molecular weight is 275 g/mol. The summed E-state index contributed by atoms with van der Waals surface area (Å²) in [6, 6.07) is 6.78. The Balaban J connectivity index is 1.57. The van der Waals surface area contributed by atoms with Crippen LogP contribution in [0.25, 0.3) is 0 Å². The SMILES string of the molecule is CCCC1CCCC(Nc2ccc3c(c2)OCO3)CC1. The summed E-state index contributed by atoms with van der Waals surface area (Å²) in [6.07, 6.45) is 9.44. The van der Waals surface area contributed by atoms with Gasteiger partial charge in [-0.25, -0.2) is 0 Å². The highest BCUT2D eigenvalue weighted by molar-refractivity contribution is 5.56. The molecule has 1 fully saturated rings. The van der Waals surface area contributed by atoms with Crippen LogP contribution in [0, 0.1) is 5.92 Å². The monoisotopic (exact) mass is 275 g/mol. The van der Waals surface area contributed by atoms with E-state index in [1.807, 2.05) is 6.07 Å². The van der Waals surface area contributed by atoms with Crippen LogP contribution in [-0.2, 0) is 0 Å². The molecule has 1 aliphatic heterocycles. The van der Waals surface area contributed by atoms with E-state index in [0.29, 0.717) is 12.8 Å². The van der Waals surface area contributed by atoms with E-state index in [-0.39, 0.29) is 0 Å². The molecule has 2 atom stereocenters. The normalized spacial score (nSPS) is 25.2. The summed E-state index contributed by atoms with van der Waals surface area (Å²) >= 11 is 0. The second kappa shape index (κ2) is 6.38. The van der Waals surface area contributed by atoms with Crippen LogP contribution in [0.1, 0.15) is 51.9 Å². The van der Waals surface area contributed by atoms with Gasteiger partial charge in [-0.2, -0.15) is 0 Å². The van der Waals surface area contributed by atoms with Crippen molar-refractivity contribution in [2.24, 2.45) is 5.92 Å². The fraction of sp³-hybridized carbons (Fsp3) is 0.647. The smallest absolute Gasteiger partial charge is 0.231 e. The zero-order valence-corrected chi connectivity index (χ0v) is 12.4. The fourth-order valence-electron chi connectivity index (χ4n) is 3.44. The maximum atomic E-state index is 5.44. The minimum absolute atomic E-state index is 0.348. The summed E-state index contributed by atoms with van der Waals surface area (Å²) in [7, 11) is 0. The maximum Gasteiger partial charge on any atom is 0.231 e. The molecule has 0 saturated heterocycles. The molecule has 1 aromatic rings. The molecule has 20 heavy (non-hydrogen) atoms. The van der Waals surface area contributed by atoms with E-state index >= 15 is 0 Å². The average Bonchev–Trinajstić information content (AvgIpc) is 2.81. The van der Waals surface area contributed by atoms with Gasteiger partial charge in [-0.3, -0.25) is 0 Å². The van der Waals surface area contributed by atoms with Crippen molar-refractivity contribution < 1.29 is 9.47 Å². The van der Waals surface area contributed by atoms with Crippen LogP contribution in [0.5, 0.6) is 11.5 Å². The Labute approximate surface area is 121 Å². The summed E-state index contributed by atoms with van der Waals surface area (Å²) in [5.41, 5.74) is 1.16. The molecule has 0 amide bonds. The predicted octanol–water partition coefficient (Wildman–Crippen LogP) is 4.58. The van der Waals surface area contributed by atoms with Crippen molar-refractivity contribution in [3.8, 4) is 11.5 Å². The highest BCUT2D eigenvalue weighted by Gasteiger charge is 2.19. The lowest BCUT2D eigenvalue weighted by molar-refractivity contribution is 0.174. The first-order valence-corrected chi connectivity index (χ1v) is 8.01. The number of rotatable bonds is 4. The van der Waals surface area contributed by atoms with E-state index in [0.717, 1.165) is 23.1 Å². The van der Waals surface area contributed by atoms with Crippen LogP contribution in [0.3, 0.4) is 0 Å². The first-order chi connectivity index (χ1) is 9.85. The lowest BCUT2D eigenvalue weighted by Crippen LogP contribution is -2.18. The summed E-state index contributed by atoms with van der Waals surface area (Å²) in [4.78, 5) is 0. The maximum absolute atomic E-state index is 5.44. The van der Waals surface area contributed by atoms with Crippen LogP contribution < -0.4 is 14.8 Å². The number of nitrogens with one attached hydrogen (secondary N) is 1. The van der Waals surface area contributed by atoms with E-state index in [4.69, 9.17) is 9.47 Å². The van der Waals surface area contributed by atoms with Gasteiger partial charge in [-0.1, -0.05) is 32.6 Å². The number of hydrogen-bond acceptors (Lipinski definition) is 3. The molecule has 1 heterocycles. The highest BCUT2D eigenvalue weighted by atomic mass is 16.7. The number of fused-ring (bicyclic) bond motifs is 1. The molecule has 2 unspecified atom stereocenters. The second-order valence-electron chi connectivity index (χ2n) is 6.07. The zero-order valence-electron chi connectivity index (χ0n) is 12.4. The molecule has 1 N–H and O–H groups in total. The van der Waals surface area contributed by atoms with Gasteiger partial charge in [0.15, 0.2) is 11.5 Å². The van der Waals surface area contributed by atoms with Crippen molar-refractivity contribution in [2.75, 3.05) is 12.1 Å². The number of anilines is 1. The van der Waals surface area contributed by atoms with Gasteiger partial charge in [-0.15, -0.1) is 0 Å². The topological polar surface area (TPSA) is 30.5 Å². The van der Waals surface area contributed by atoms with Crippen molar-refractivity contribution in [3.05, 3.63) is 18.2 Å². The highest BCUT2D eigenvalue weighted by Crippen LogP contribution is 2.35. The van der Waals surface area contributed by atoms with Crippen LogP contribution in [0.4, 0.5) is 5.69 Å². The van der Waals surface area contributed by atoms with Crippen LogP contribution in [-0.4, -0.2) is 12.8 Å². The molecule has 2 aliphatic rings. The molecule has 0 radical (unpaired) electrons. The number of ether oxygens (including phenoxy) is 2. The molecule has 110 valence electrons. The van der Waals surface area contributed by atoms with E-state index in [1.54, 1.807) is 0 Å². The van der Waals surface area contributed by atoms with E-state index < -0.39 is 0 Å². The van der Waals surface area contributed by atoms with Gasteiger partial charge in [0.1, 0.15) is 0 Å². The number of hydrogen-bond donors (Lipinski definition) is 1. The van der Waals surface area contributed by atoms with Crippen molar-refractivity contribution in [1.29, 1.82) is 0 Å². The molecule has 0 spiro atoms. The van der Waals surface area contributed by atoms with Gasteiger partial charge in [0, 0.05) is 17.8 Å². The molecule has 1 aromatic carbocycles. The minimum Gasteiger partial charge on any atom is -0.454 e. The Hall–Kier alpha value is -1.38. The van der Waals surface area contributed by atoms with Crippen molar-refractivity contribution in [2.45, 2.75) is 57.9 Å². The Morgan fingerprint density at radius 1 is 1.10 bits per heavy atom. The van der Waals surface area contributed by atoms with Gasteiger partial charge in [-0.05, 0) is 37.3 Å². The van der Waals surface area contributed by atoms with Crippen molar-refractivity contribution in [3.63, 3.8) is 0 Å². The van der Waals surface area contributed by atoms with Gasteiger partial charge < -0.3 is 14.8 Å². The summed E-state index contributed by atoms with van der Waals surface area (Å²) in [6.45, 7) is 2.65. The Morgan fingerprint density at radius 2 is 2.00 bits per heavy atom. The number of benzene rings is 1. The van der Waals surface area contributed by atoms with Crippen LogP contribution >= 0.6 is 0 Å². The van der Waals surface area contributed by atoms with E-state index in [1.165, 1.54) is 44.9 Å². The van der Waals surface area contributed by atoms with E-state index in [2.05, 4.69) is 24.4 Å². The second-order valence-corrected chi connectivity index (χ2v) is 6.07. The lowest BCUT2D eigenvalue weighted by Gasteiger charge is -2.18. The molecule has 3 rings (SSSR count). The first kappa shape index (κ1) is 13.6. The zero-order chi connectivity index (χ0) is 13.8. The molecular weight excluding hydrogens is 250 g/mol. The molecule has 3 nitrogen and oxygen atoms in total. The first-order valence-electron chi connectivity index (χ1n) is 8.01. The van der Waals surface area contributed by atoms with Crippen molar-refractivity contribution in [1.82, 2.24) is 0 Å². The lowest BCUT2D eigenvalue weighted by atomic mass is 9.95. The quantitative estimate of drug-likeness (QED) is 0.816. The minimum atomic E-state index is 0.348. The third-order valence-electron chi connectivity index (χ3n) is 4.53. The van der Waals surface area contributed by atoms with Crippen LogP contribution in [0.15, 0.2) is 18.2 Å². The summed E-state index contributed by atoms with van der Waals surface area (Å²) < 4.78 is 10.8. The van der Waals surface area contributed by atoms with Crippen LogP contribution in [0.2, 0.25) is 0 Å². The van der Waals surface area contributed by atoms with Gasteiger partial charge in [0.05, 0.1) is 0 Å². The summed E-state index contributed by atoms with van der Waals surface area (Å²) in [5.74, 6) is 2.68. The molecule has 1 saturated carbocycles. The molecule has 0 aromatic heterocycles. The Bertz CT molecular complexity index is 447. The molecule has 0 bridgehead atoms. The predicted molar refractivity (Wildman–Crippen MR) is 81.5 cm³/mol. The standard InChI is InChI=1S/C17H25NO2/c1-2-4-13-5-3-6-14(8-7-13)18-15-9-10-16-17(11-15)20-12-19-16/h9-11,13-14,18H,2-8,12H2,1H3. The fourth-order valence-corrected chi connectivity index (χ4v) is 3.44. The molecular formula is C17H25NO2.